The van der Waals surface area contributed by atoms with E-state index in [1.165, 1.54) is 6.07 Å². The molecule has 0 amide bonds. The third kappa shape index (κ3) is 2.91. The molecule has 1 nitrogen and oxygen atoms in total. The minimum atomic E-state index is -0.264. The van der Waals surface area contributed by atoms with Crippen LogP contribution in [0, 0.1) is 5.82 Å². The fraction of sp³-hybridized carbons (Fsp3) is 0.143. The summed E-state index contributed by atoms with van der Waals surface area (Å²) in [6.45, 7) is 0. The number of hydrogen-bond donors (Lipinski definition) is 1. The van der Waals surface area contributed by atoms with Crippen LogP contribution in [0.2, 0.25) is 5.02 Å². The normalized spacial score (nSPS) is 12.4. The van der Waals surface area contributed by atoms with Crippen LogP contribution in [0.25, 0.3) is 0 Å². The van der Waals surface area contributed by atoms with E-state index < -0.39 is 0 Å². The average molecular weight is 329 g/mol. The second kappa shape index (κ2) is 5.83. The van der Waals surface area contributed by atoms with E-state index in [1.54, 1.807) is 12.1 Å². The molecule has 2 aromatic carbocycles. The summed E-state index contributed by atoms with van der Waals surface area (Å²) in [5.74, 6) is -0.264. The first-order chi connectivity index (χ1) is 8.61. The largest absolute Gasteiger partial charge is 0.309 e. The van der Waals surface area contributed by atoms with Crippen LogP contribution in [-0.4, -0.2) is 7.05 Å². The highest BCUT2D eigenvalue weighted by Crippen LogP contribution is 2.27. The molecular formula is C14H12BrClFN. The van der Waals surface area contributed by atoms with E-state index in [1.807, 2.05) is 31.3 Å². The van der Waals surface area contributed by atoms with Gasteiger partial charge in [0, 0.05) is 5.02 Å². The van der Waals surface area contributed by atoms with Gasteiger partial charge in [0.1, 0.15) is 5.82 Å². The third-order valence-electron chi connectivity index (χ3n) is 2.75. The van der Waals surface area contributed by atoms with Crippen molar-refractivity contribution in [3.63, 3.8) is 0 Å². The number of nitrogens with one attached hydrogen (secondary N) is 1. The molecule has 94 valence electrons. The van der Waals surface area contributed by atoms with Crippen LogP contribution in [-0.2, 0) is 0 Å². The quantitative estimate of drug-likeness (QED) is 0.871. The van der Waals surface area contributed by atoms with E-state index in [-0.39, 0.29) is 11.9 Å². The summed E-state index contributed by atoms with van der Waals surface area (Å²) in [6, 6.07) is 12.6. The highest BCUT2D eigenvalue weighted by molar-refractivity contribution is 9.10. The highest BCUT2D eigenvalue weighted by atomic mass is 79.9. The van der Waals surface area contributed by atoms with Crippen molar-refractivity contribution in [1.82, 2.24) is 5.32 Å². The van der Waals surface area contributed by atoms with Gasteiger partial charge < -0.3 is 5.32 Å². The van der Waals surface area contributed by atoms with Gasteiger partial charge in [-0.2, -0.15) is 0 Å². The molecule has 0 radical (unpaired) electrons. The van der Waals surface area contributed by atoms with Crippen molar-refractivity contribution in [2.75, 3.05) is 7.05 Å². The van der Waals surface area contributed by atoms with E-state index in [2.05, 4.69) is 21.2 Å². The first-order valence-electron chi connectivity index (χ1n) is 5.49. The van der Waals surface area contributed by atoms with Gasteiger partial charge in [0.25, 0.3) is 0 Å². The van der Waals surface area contributed by atoms with Crippen LogP contribution in [0.3, 0.4) is 0 Å². The van der Waals surface area contributed by atoms with E-state index in [9.17, 15) is 4.39 Å². The van der Waals surface area contributed by atoms with Crippen LogP contribution in [0.1, 0.15) is 17.2 Å². The second-order valence-electron chi connectivity index (χ2n) is 3.95. The van der Waals surface area contributed by atoms with Crippen molar-refractivity contribution in [1.29, 1.82) is 0 Å². The van der Waals surface area contributed by atoms with Crippen molar-refractivity contribution >= 4 is 27.5 Å². The molecule has 0 bridgehead atoms. The maximum absolute atomic E-state index is 13.2. The number of hydrogen-bond acceptors (Lipinski definition) is 1. The van der Waals surface area contributed by atoms with Crippen LogP contribution >= 0.6 is 27.5 Å². The molecule has 2 rings (SSSR count). The standard InChI is InChI=1S/C14H12BrClFN/c1-18-14(9-3-2-4-11(16)7-9)10-5-6-13(17)12(15)8-10/h2-8,14,18H,1H3. The number of benzene rings is 2. The molecule has 1 atom stereocenters. The first kappa shape index (κ1) is 13.5. The molecule has 0 aromatic heterocycles. The molecule has 0 aliphatic rings. The van der Waals surface area contributed by atoms with Gasteiger partial charge in [-0.1, -0.05) is 29.8 Å². The monoisotopic (exact) mass is 327 g/mol. The summed E-state index contributed by atoms with van der Waals surface area (Å²) in [4.78, 5) is 0. The lowest BCUT2D eigenvalue weighted by molar-refractivity contribution is 0.616. The van der Waals surface area contributed by atoms with Crippen LogP contribution < -0.4 is 5.32 Å². The van der Waals surface area contributed by atoms with E-state index >= 15 is 0 Å². The summed E-state index contributed by atoms with van der Waals surface area (Å²) in [7, 11) is 1.86. The molecule has 0 aliphatic carbocycles. The Morgan fingerprint density at radius 3 is 2.50 bits per heavy atom. The zero-order valence-corrected chi connectivity index (χ0v) is 12.1. The van der Waals surface area contributed by atoms with E-state index in [0.717, 1.165) is 11.1 Å². The van der Waals surface area contributed by atoms with Crippen molar-refractivity contribution < 1.29 is 4.39 Å². The number of halogens is 3. The van der Waals surface area contributed by atoms with Crippen LogP contribution in [0.5, 0.6) is 0 Å². The average Bonchev–Trinajstić information content (AvgIpc) is 2.35. The van der Waals surface area contributed by atoms with Crippen LogP contribution in [0.15, 0.2) is 46.9 Å². The molecule has 0 saturated carbocycles. The zero-order chi connectivity index (χ0) is 13.1. The maximum Gasteiger partial charge on any atom is 0.137 e. The smallest absolute Gasteiger partial charge is 0.137 e. The fourth-order valence-electron chi connectivity index (χ4n) is 1.90. The Balaban J connectivity index is 2.42. The highest BCUT2D eigenvalue weighted by Gasteiger charge is 2.13. The Morgan fingerprint density at radius 2 is 1.89 bits per heavy atom. The van der Waals surface area contributed by atoms with Gasteiger partial charge in [-0.25, -0.2) is 4.39 Å². The predicted octanol–water partition coefficient (Wildman–Crippen LogP) is 4.55. The lowest BCUT2D eigenvalue weighted by Crippen LogP contribution is -2.17. The van der Waals surface area contributed by atoms with Crippen LogP contribution in [0.4, 0.5) is 4.39 Å². The van der Waals surface area contributed by atoms with E-state index in [4.69, 9.17) is 11.6 Å². The van der Waals surface area contributed by atoms with Gasteiger partial charge >= 0.3 is 0 Å². The molecule has 18 heavy (non-hydrogen) atoms. The number of rotatable bonds is 3. The Morgan fingerprint density at radius 1 is 1.17 bits per heavy atom. The minimum Gasteiger partial charge on any atom is -0.309 e. The van der Waals surface area contributed by atoms with Crippen molar-refractivity contribution in [3.05, 3.63) is 68.9 Å². The molecule has 0 spiro atoms. The first-order valence-corrected chi connectivity index (χ1v) is 6.66. The SMILES string of the molecule is CNC(c1cccc(Cl)c1)c1ccc(F)c(Br)c1. The summed E-state index contributed by atoms with van der Waals surface area (Å²) < 4.78 is 13.7. The molecule has 2 aromatic rings. The summed E-state index contributed by atoms with van der Waals surface area (Å²) in [6.07, 6.45) is 0. The van der Waals surface area contributed by atoms with Gasteiger partial charge in [0.2, 0.25) is 0 Å². The van der Waals surface area contributed by atoms with E-state index in [0.29, 0.717) is 9.50 Å². The van der Waals surface area contributed by atoms with Crippen molar-refractivity contribution in [3.8, 4) is 0 Å². The molecule has 0 heterocycles. The Bertz CT molecular complexity index is 559. The zero-order valence-electron chi connectivity index (χ0n) is 9.75. The maximum atomic E-state index is 13.2. The topological polar surface area (TPSA) is 12.0 Å². The predicted molar refractivity (Wildman–Crippen MR) is 76.5 cm³/mol. The Labute approximate surface area is 119 Å². The molecule has 0 saturated heterocycles. The Hall–Kier alpha value is -0.900. The molecule has 0 fully saturated rings. The summed E-state index contributed by atoms with van der Waals surface area (Å²) >= 11 is 9.19. The lowest BCUT2D eigenvalue weighted by atomic mass is 9.99. The lowest BCUT2D eigenvalue weighted by Gasteiger charge is -2.18. The van der Waals surface area contributed by atoms with Crippen molar-refractivity contribution in [2.45, 2.75) is 6.04 Å². The van der Waals surface area contributed by atoms with Gasteiger partial charge in [-0.3, -0.25) is 0 Å². The fourth-order valence-corrected chi connectivity index (χ4v) is 2.50. The molecular weight excluding hydrogens is 317 g/mol. The minimum absolute atomic E-state index is 0.0133. The Kier molecular flexibility index (Phi) is 4.38. The molecule has 4 heteroatoms. The van der Waals surface area contributed by atoms with Gasteiger partial charge in [0.15, 0.2) is 0 Å². The van der Waals surface area contributed by atoms with Crippen molar-refractivity contribution in [2.24, 2.45) is 0 Å². The molecule has 0 aliphatic heterocycles. The molecule has 1 N–H and O–H groups in total. The molecule has 1 unspecified atom stereocenters. The third-order valence-corrected chi connectivity index (χ3v) is 3.59. The summed E-state index contributed by atoms with van der Waals surface area (Å²) in [5, 5.41) is 3.90. The van der Waals surface area contributed by atoms with Gasteiger partial charge in [-0.15, -0.1) is 0 Å². The second-order valence-corrected chi connectivity index (χ2v) is 5.24. The van der Waals surface area contributed by atoms with Gasteiger partial charge in [0.05, 0.1) is 10.5 Å². The van der Waals surface area contributed by atoms with Gasteiger partial charge in [-0.05, 0) is 58.4 Å². The summed E-state index contributed by atoms with van der Waals surface area (Å²) in [5.41, 5.74) is 2.02.